The van der Waals surface area contributed by atoms with Crippen LogP contribution in [0, 0.1) is 13.8 Å². The molecular weight excluding hydrogens is 184 g/mol. The lowest BCUT2D eigenvalue weighted by atomic mass is 9.93. The van der Waals surface area contributed by atoms with Gasteiger partial charge in [-0.05, 0) is 56.5 Å². The monoisotopic (exact) mass is 204 g/mol. The van der Waals surface area contributed by atoms with Crippen molar-refractivity contribution >= 4 is 5.69 Å². The number of aryl methyl sites for hydroxylation is 2. The molecule has 1 aliphatic rings. The first-order chi connectivity index (χ1) is 7.20. The molecule has 2 rings (SSSR count). The van der Waals surface area contributed by atoms with Gasteiger partial charge in [0.2, 0.25) is 0 Å². The van der Waals surface area contributed by atoms with E-state index in [4.69, 9.17) is 0 Å². The smallest absolute Gasteiger partial charge is 0.0389 e. The summed E-state index contributed by atoms with van der Waals surface area (Å²) in [7, 11) is 2.01. The highest BCUT2D eigenvalue weighted by molar-refractivity contribution is 5.58. The van der Waals surface area contributed by atoms with E-state index >= 15 is 0 Å². The van der Waals surface area contributed by atoms with Gasteiger partial charge in [-0.15, -0.1) is 0 Å². The molecule has 0 aliphatic carbocycles. The van der Waals surface area contributed by atoms with Crippen molar-refractivity contribution in [1.82, 2.24) is 5.32 Å². The molecule has 0 radical (unpaired) electrons. The average Bonchev–Trinajstić information content (AvgIpc) is 2.17. The molecule has 15 heavy (non-hydrogen) atoms. The summed E-state index contributed by atoms with van der Waals surface area (Å²) in [4.78, 5) is 0. The molecule has 0 aromatic heterocycles. The van der Waals surface area contributed by atoms with Gasteiger partial charge in [-0.25, -0.2) is 0 Å². The molecule has 0 bridgehead atoms. The van der Waals surface area contributed by atoms with Crippen LogP contribution in [0.25, 0.3) is 0 Å². The van der Waals surface area contributed by atoms with Crippen molar-refractivity contribution in [3.8, 4) is 0 Å². The molecule has 0 spiro atoms. The predicted octanol–water partition coefficient (Wildman–Crippen LogP) is 2.25. The maximum Gasteiger partial charge on any atom is 0.0389 e. The van der Waals surface area contributed by atoms with Gasteiger partial charge >= 0.3 is 0 Å². The predicted molar refractivity (Wildman–Crippen MR) is 65.6 cm³/mol. The van der Waals surface area contributed by atoms with Crippen molar-refractivity contribution in [1.29, 1.82) is 0 Å². The van der Waals surface area contributed by atoms with Gasteiger partial charge < -0.3 is 10.6 Å². The minimum Gasteiger partial charge on any atom is -0.381 e. The normalized spacial score (nSPS) is 19.5. The molecule has 1 atom stereocenters. The molecule has 0 fully saturated rings. The molecular formula is C13H20N2. The first-order valence-electron chi connectivity index (χ1n) is 5.72. The third kappa shape index (κ3) is 2.15. The molecule has 1 aromatic rings. The Morgan fingerprint density at radius 3 is 2.93 bits per heavy atom. The number of anilines is 1. The fourth-order valence-electron chi connectivity index (χ4n) is 2.47. The first kappa shape index (κ1) is 10.5. The van der Waals surface area contributed by atoms with E-state index in [0.717, 1.165) is 6.54 Å². The Bertz CT molecular complexity index is 358. The highest BCUT2D eigenvalue weighted by Gasteiger charge is 2.18. The number of rotatable bonds is 2. The van der Waals surface area contributed by atoms with Gasteiger partial charge in [0.05, 0.1) is 0 Å². The number of hydrogen-bond acceptors (Lipinski definition) is 2. The number of fused-ring (bicyclic) bond motifs is 1. The Morgan fingerprint density at radius 1 is 1.40 bits per heavy atom. The van der Waals surface area contributed by atoms with Crippen LogP contribution >= 0.6 is 0 Å². The second kappa shape index (κ2) is 4.23. The van der Waals surface area contributed by atoms with Crippen molar-refractivity contribution in [2.24, 2.45) is 0 Å². The first-order valence-corrected chi connectivity index (χ1v) is 5.72. The lowest BCUT2D eigenvalue weighted by Gasteiger charge is -2.28. The van der Waals surface area contributed by atoms with E-state index in [1.54, 1.807) is 0 Å². The van der Waals surface area contributed by atoms with Gasteiger partial charge in [0.25, 0.3) is 0 Å². The summed E-state index contributed by atoms with van der Waals surface area (Å²) >= 11 is 0. The third-order valence-corrected chi connectivity index (χ3v) is 3.17. The van der Waals surface area contributed by atoms with E-state index < -0.39 is 0 Å². The Balaban J connectivity index is 2.25. The maximum atomic E-state index is 3.62. The van der Waals surface area contributed by atoms with Crippen LogP contribution in [0.5, 0.6) is 0 Å². The molecule has 1 heterocycles. The molecule has 82 valence electrons. The van der Waals surface area contributed by atoms with Crippen LogP contribution in [0.1, 0.15) is 23.1 Å². The van der Waals surface area contributed by atoms with Gasteiger partial charge in [-0.3, -0.25) is 0 Å². The summed E-state index contributed by atoms with van der Waals surface area (Å²) in [5.41, 5.74) is 5.64. The van der Waals surface area contributed by atoms with Crippen LogP contribution < -0.4 is 10.6 Å². The molecule has 1 unspecified atom stereocenters. The SMILES string of the molecule is CNCC1CCc2c(C)cc(C)cc2N1. The lowest BCUT2D eigenvalue weighted by molar-refractivity contribution is 0.591. The summed E-state index contributed by atoms with van der Waals surface area (Å²) in [6.45, 7) is 5.43. The summed E-state index contributed by atoms with van der Waals surface area (Å²) in [5.74, 6) is 0. The third-order valence-electron chi connectivity index (χ3n) is 3.17. The van der Waals surface area contributed by atoms with E-state index in [1.807, 2.05) is 7.05 Å². The van der Waals surface area contributed by atoms with Gasteiger partial charge in [-0.2, -0.15) is 0 Å². The zero-order valence-corrected chi connectivity index (χ0v) is 9.85. The van der Waals surface area contributed by atoms with E-state index in [0.29, 0.717) is 6.04 Å². The van der Waals surface area contributed by atoms with Crippen molar-refractivity contribution in [2.75, 3.05) is 18.9 Å². The largest absolute Gasteiger partial charge is 0.381 e. The molecule has 2 N–H and O–H groups in total. The quantitative estimate of drug-likeness (QED) is 0.772. The highest BCUT2D eigenvalue weighted by Crippen LogP contribution is 2.28. The summed E-state index contributed by atoms with van der Waals surface area (Å²) in [6, 6.07) is 5.13. The van der Waals surface area contributed by atoms with Crippen molar-refractivity contribution in [3.05, 3.63) is 28.8 Å². The molecule has 1 aliphatic heterocycles. The average molecular weight is 204 g/mol. The van der Waals surface area contributed by atoms with Crippen LogP contribution in [0.4, 0.5) is 5.69 Å². The second-order valence-electron chi connectivity index (χ2n) is 4.55. The van der Waals surface area contributed by atoms with Gasteiger partial charge in [0.1, 0.15) is 0 Å². The van der Waals surface area contributed by atoms with Crippen molar-refractivity contribution < 1.29 is 0 Å². The zero-order chi connectivity index (χ0) is 10.8. The molecule has 2 nitrogen and oxygen atoms in total. The number of hydrogen-bond donors (Lipinski definition) is 2. The van der Waals surface area contributed by atoms with Gasteiger partial charge in [0.15, 0.2) is 0 Å². The Hall–Kier alpha value is -1.02. The molecule has 2 heteroatoms. The Kier molecular flexibility index (Phi) is 2.96. The standard InChI is InChI=1S/C13H20N2/c1-9-6-10(2)12-5-4-11(8-14-3)15-13(12)7-9/h6-7,11,14-15H,4-5,8H2,1-3H3. The lowest BCUT2D eigenvalue weighted by Crippen LogP contribution is -2.34. The summed E-state index contributed by atoms with van der Waals surface area (Å²) in [5, 5.41) is 6.85. The number of benzene rings is 1. The summed E-state index contributed by atoms with van der Waals surface area (Å²) < 4.78 is 0. The molecule has 0 saturated carbocycles. The molecule has 1 aromatic carbocycles. The Labute approximate surface area is 92.1 Å². The minimum absolute atomic E-state index is 0.587. The van der Waals surface area contributed by atoms with Crippen LogP contribution in [-0.2, 0) is 6.42 Å². The van der Waals surface area contributed by atoms with Gasteiger partial charge in [-0.1, -0.05) is 6.07 Å². The topological polar surface area (TPSA) is 24.1 Å². The van der Waals surface area contributed by atoms with E-state index in [9.17, 15) is 0 Å². The van der Waals surface area contributed by atoms with E-state index in [1.165, 1.54) is 35.2 Å². The van der Waals surface area contributed by atoms with Crippen LogP contribution in [0.3, 0.4) is 0 Å². The number of nitrogens with one attached hydrogen (secondary N) is 2. The second-order valence-corrected chi connectivity index (χ2v) is 4.55. The van der Waals surface area contributed by atoms with Crippen LogP contribution in [-0.4, -0.2) is 19.6 Å². The number of likely N-dealkylation sites (N-methyl/N-ethyl adjacent to an activating group) is 1. The van der Waals surface area contributed by atoms with E-state index in [-0.39, 0.29) is 0 Å². The highest BCUT2D eigenvalue weighted by atomic mass is 15.0. The maximum absolute atomic E-state index is 3.62. The Morgan fingerprint density at radius 2 is 2.20 bits per heavy atom. The van der Waals surface area contributed by atoms with Crippen molar-refractivity contribution in [2.45, 2.75) is 32.7 Å². The van der Waals surface area contributed by atoms with Crippen LogP contribution in [0.15, 0.2) is 12.1 Å². The van der Waals surface area contributed by atoms with E-state index in [2.05, 4.69) is 36.6 Å². The summed E-state index contributed by atoms with van der Waals surface area (Å²) in [6.07, 6.45) is 2.44. The van der Waals surface area contributed by atoms with Gasteiger partial charge in [0, 0.05) is 18.3 Å². The molecule has 0 saturated heterocycles. The zero-order valence-electron chi connectivity index (χ0n) is 9.85. The molecule has 0 amide bonds. The minimum atomic E-state index is 0.587. The van der Waals surface area contributed by atoms with Crippen LogP contribution in [0.2, 0.25) is 0 Å². The van der Waals surface area contributed by atoms with Crippen molar-refractivity contribution in [3.63, 3.8) is 0 Å². The fourth-order valence-corrected chi connectivity index (χ4v) is 2.47. The fraction of sp³-hybridized carbons (Fsp3) is 0.538.